The molecule has 7 nitrogen and oxygen atoms in total. The van der Waals surface area contributed by atoms with Crippen LogP contribution in [0.5, 0.6) is 0 Å². The maximum atomic E-state index is 12.2. The molecule has 0 unspecified atom stereocenters. The normalized spacial score (nSPS) is 18.7. The molecule has 1 fully saturated rings. The quantitative estimate of drug-likeness (QED) is 0.572. The van der Waals surface area contributed by atoms with E-state index in [-0.39, 0.29) is 0 Å². The van der Waals surface area contributed by atoms with Gasteiger partial charge < -0.3 is 4.98 Å². The van der Waals surface area contributed by atoms with E-state index in [9.17, 15) is 9.59 Å². The third-order valence-corrected chi connectivity index (χ3v) is 5.22. The molecule has 27 heavy (non-hydrogen) atoms. The van der Waals surface area contributed by atoms with Crippen molar-refractivity contribution in [1.82, 2.24) is 24.6 Å². The molecule has 3 aromatic heterocycles. The first-order valence-electron chi connectivity index (χ1n) is 8.52. The Kier molecular flexibility index (Phi) is 3.51. The fourth-order valence-electron chi connectivity index (χ4n) is 3.56. The fraction of sp³-hybridized carbons (Fsp3) is 0.158. The summed E-state index contributed by atoms with van der Waals surface area (Å²) in [5.41, 5.74) is 2.84. The van der Waals surface area contributed by atoms with Gasteiger partial charge >= 0.3 is 5.69 Å². The van der Waals surface area contributed by atoms with Crippen LogP contribution in [0.1, 0.15) is 29.4 Å². The molecular weight excluding hydrogens is 366 g/mol. The van der Waals surface area contributed by atoms with Crippen LogP contribution in [0.3, 0.4) is 0 Å². The van der Waals surface area contributed by atoms with Crippen LogP contribution in [-0.4, -0.2) is 24.6 Å². The number of halogens is 1. The van der Waals surface area contributed by atoms with Gasteiger partial charge in [-0.1, -0.05) is 23.7 Å². The van der Waals surface area contributed by atoms with Crippen molar-refractivity contribution in [1.29, 1.82) is 0 Å². The van der Waals surface area contributed by atoms with Gasteiger partial charge in [-0.15, -0.1) is 0 Å². The van der Waals surface area contributed by atoms with Crippen molar-refractivity contribution in [2.24, 2.45) is 0 Å². The number of benzene rings is 1. The van der Waals surface area contributed by atoms with Gasteiger partial charge in [-0.3, -0.25) is 9.78 Å². The van der Waals surface area contributed by atoms with Gasteiger partial charge in [0.25, 0.3) is 5.56 Å². The van der Waals surface area contributed by atoms with Crippen molar-refractivity contribution < 1.29 is 0 Å². The number of aromatic nitrogens is 5. The molecule has 0 amide bonds. The molecule has 0 spiro atoms. The number of hydrogen-bond acceptors (Lipinski definition) is 4. The summed E-state index contributed by atoms with van der Waals surface area (Å²) in [5, 5.41) is 5.19. The predicted octanol–water partition coefficient (Wildman–Crippen LogP) is 2.70. The number of fused-ring (bicyclic) bond motifs is 1. The maximum Gasteiger partial charge on any atom is 0.325 e. The van der Waals surface area contributed by atoms with Gasteiger partial charge in [-0.25, -0.2) is 14.3 Å². The molecule has 3 heterocycles. The highest BCUT2D eigenvalue weighted by Gasteiger charge is 2.41. The lowest BCUT2D eigenvalue weighted by Crippen LogP contribution is -2.23. The van der Waals surface area contributed by atoms with Crippen molar-refractivity contribution in [3.63, 3.8) is 0 Å². The van der Waals surface area contributed by atoms with Crippen LogP contribution in [0.15, 0.2) is 58.5 Å². The summed E-state index contributed by atoms with van der Waals surface area (Å²) in [7, 11) is 0. The minimum atomic E-state index is -0.544. The smallest absolute Gasteiger partial charge is 0.313 e. The maximum absolute atomic E-state index is 12.2. The third-order valence-electron chi connectivity index (χ3n) is 4.97. The zero-order valence-electron chi connectivity index (χ0n) is 14.0. The Hall–Kier alpha value is -3.19. The second-order valence-electron chi connectivity index (χ2n) is 6.67. The third kappa shape index (κ3) is 2.76. The minimum Gasteiger partial charge on any atom is -0.313 e. The molecule has 1 aliphatic carbocycles. The average molecular weight is 380 g/mol. The highest BCUT2D eigenvalue weighted by Crippen LogP contribution is 2.55. The monoisotopic (exact) mass is 379 g/mol. The average Bonchev–Trinajstić information content (AvgIpc) is 3.30. The first-order valence-corrected chi connectivity index (χ1v) is 8.90. The molecular formula is C19H14ClN5O2. The van der Waals surface area contributed by atoms with E-state index in [1.165, 1.54) is 11.8 Å². The van der Waals surface area contributed by atoms with E-state index in [0.717, 1.165) is 22.7 Å². The Labute approximate surface area is 157 Å². The Balaban J connectivity index is 1.60. The SMILES string of the molecule is O=c1[nH]cc(-c2cc([C@H]3C[C@@H]3c3ccc(Cl)cc3)c3nccn3n2)c(=O)[nH]1. The fourth-order valence-corrected chi connectivity index (χ4v) is 3.69. The van der Waals surface area contributed by atoms with Crippen LogP contribution in [-0.2, 0) is 0 Å². The number of nitrogens with zero attached hydrogens (tertiary/aromatic N) is 3. The van der Waals surface area contributed by atoms with E-state index in [4.69, 9.17) is 11.6 Å². The number of rotatable bonds is 3. The summed E-state index contributed by atoms with van der Waals surface area (Å²) in [6.45, 7) is 0. The Bertz CT molecular complexity index is 1270. The van der Waals surface area contributed by atoms with Gasteiger partial charge in [0.15, 0.2) is 5.65 Å². The van der Waals surface area contributed by atoms with E-state index in [0.29, 0.717) is 23.1 Å². The van der Waals surface area contributed by atoms with Crippen molar-refractivity contribution in [3.05, 3.63) is 85.9 Å². The van der Waals surface area contributed by atoms with Crippen LogP contribution >= 0.6 is 11.6 Å². The molecule has 2 N–H and O–H groups in total. The summed E-state index contributed by atoms with van der Waals surface area (Å²) >= 11 is 5.99. The van der Waals surface area contributed by atoms with E-state index >= 15 is 0 Å². The largest absolute Gasteiger partial charge is 0.325 e. The summed E-state index contributed by atoms with van der Waals surface area (Å²) in [5.74, 6) is 0.673. The van der Waals surface area contributed by atoms with Gasteiger partial charge in [-0.2, -0.15) is 5.10 Å². The summed E-state index contributed by atoms with van der Waals surface area (Å²) < 4.78 is 1.67. The Morgan fingerprint density at radius 2 is 1.96 bits per heavy atom. The van der Waals surface area contributed by atoms with Crippen LogP contribution in [0, 0.1) is 0 Å². The standard InChI is InChI=1S/C19H14ClN5O2/c20-11-3-1-10(2-4-11)12-7-13(12)14-8-16(24-25-6-5-21-17(14)25)15-9-22-19(27)23-18(15)26/h1-6,8-9,12-13H,7H2,(H2,22,23,26,27)/t12-,13+/m1/s1. The molecule has 1 saturated carbocycles. The van der Waals surface area contributed by atoms with Crippen molar-refractivity contribution in [3.8, 4) is 11.3 Å². The lowest BCUT2D eigenvalue weighted by atomic mass is 10.0. The molecule has 8 heteroatoms. The molecule has 0 aliphatic heterocycles. The number of aromatic amines is 2. The molecule has 0 bridgehead atoms. The highest BCUT2D eigenvalue weighted by molar-refractivity contribution is 6.30. The molecule has 0 saturated heterocycles. The van der Waals surface area contributed by atoms with Crippen molar-refractivity contribution in [2.45, 2.75) is 18.3 Å². The summed E-state index contributed by atoms with van der Waals surface area (Å²) in [4.78, 5) is 32.6. The van der Waals surface area contributed by atoms with E-state index in [2.05, 4.69) is 20.1 Å². The van der Waals surface area contributed by atoms with Gasteiger partial charge in [0.05, 0.1) is 11.3 Å². The first-order chi connectivity index (χ1) is 13.1. The van der Waals surface area contributed by atoms with Crippen LogP contribution in [0.25, 0.3) is 16.9 Å². The predicted molar refractivity (Wildman–Crippen MR) is 101 cm³/mol. The van der Waals surface area contributed by atoms with Crippen molar-refractivity contribution >= 4 is 17.2 Å². The molecule has 2 atom stereocenters. The number of hydrogen-bond donors (Lipinski definition) is 2. The van der Waals surface area contributed by atoms with E-state index in [1.54, 1.807) is 16.9 Å². The topological polar surface area (TPSA) is 95.9 Å². The second-order valence-corrected chi connectivity index (χ2v) is 7.10. The molecule has 1 aliphatic rings. The molecule has 1 aromatic carbocycles. The van der Waals surface area contributed by atoms with Crippen LogP contribution in [0.2, 0.25) is 5.02 Å². The van der Waals surface area contributed by atoms with Crippen molar-refractivity contribution in [2.75, 3.05) is 0 Å². The van der Waals surface area contributed by atoms with Crippen LogP contribution < -0.4 is 11.2 Å². The molecule has 0 radical (unpaired) electrons. The van der Waals surface area contributed by atoms with Gasteiger partial charge in [-0.05, 0) is 42.0 Å². The lowest BCUT2D eigenvalue weighted by molar-refractivity contribution is 0.906. The first kappa shape index (κ1) is 16.0. The van der Waals surface area contributed by atoms with Gasteiger partial charge in [0, 0.05) is 29.2 Å². The highest BCUT2D eigenvalue weighted by atomic mass is 35.5. The summed E-state index contributed by atoms with van der Waals surface area (Å²) in [6.07, 6.45) is 5.82. The Morgan fingerprint density at radius 3 is 2.74 bits per heavy atom. The summed E-state index contributed by atoms with van der Waals surface area (Å²) in [6, 6.07) is 9.78. The minimum absolute atomic E-state index is 0.291. The van der Waals surface area contributed by atoms with E-state index < -0.39 is 11.2 Å². The number of imidazole rings is 1. The van der Waals surface area contributed by atoms with Crippen LogP contribution in [0.4, 0.5) is 0 Å². The van der Waals surface area contributed by atoms with E-state index in [1.807, 2.05) is 30.3 Å². The zero-order valence-corrected chi connectivity index (χ0v) is 14.8. The Morgan fingerprint density at radius 1 is 1.15 bits per heavy atom. The molecule has 4 aromatic rings. The lowest BCUT2D eigenvalue weighted by Gasteiger charge is -2.07. The van der Waals surface area contributed by atoms with Gasteiger partial charge in [0.2, 0.25) is 0 Å². The number of nitrogens with one attached hydrogen (secondary N) is 2. The van der Waals surface area contributed by atoms with Gasteiger partial charge in [0.1, 0.15) is 0 Å². The number of H-pyrrole nitrogens is 2. The molecule has 5 rings (SSSR count). The second kappa shape index (κ2) is 5.92. The zero-order chi connectivity index (χ0) is 18.5. The molecule has 134 valence electrons.